The first-order valence-corrected chi connectivity index (χ1v) is 2.78. The monoisotopic (exact) mass is 149 g/mol. The van der Waals surface area contributed by atoms with Crippen molar-refractivity contribution in [3.05, 3.63) is 0 Å². The van der Waals surface area contributed by atoms with E-state index in [1.165, 1.54) is 0 Å². The van der Waals surface area contributed by atoms with Gasteiger partial charge in [0.1, 0.15) is 5.84 Å². The van der Waals surface area contributed by atoms with Gasteiger partial charge in [-0.1, -0.05) is 6.92 Å². The summed E-state index contributed by atoms with van der Waals surface area (Å²) in [5.74, 6) is -0.245. The van der Waals surface area contributed by atoms with Crippen LogP contribution in [0.15, 0.2) is 0 Å². The standard InChI is InChI=1S/C5H9F2N3/c1-2-4(9)10(3-8)5(6)7/h3,5,8-9H,2H2,1H3. The number of nitrogens with one attached hydrogen (secondary N) is 2. The van der Waals surface area contributed by atoms with Gasteiger partial charge in [0.25, 0.3) is 0 Å². The van der Waals surface area contributed by atoms with Gasteiger partial charge in [-0.2, -0.15) is 8.78 Å². The average molecular weight is 149 g/mol. The molecule has 0 saturated heterocycles. The Kier molecular flexibility index (Phi) is 3.53. The molecular weight excluding hydrogens is 140 g/mol. The molecule has 0 aromatic heterocycles. The van der Waals surface area contributed by atoms with E-state index in [-0.39, 0.29) is 12.3 Å². The highest BCUT2D eigenvalue weighted by atomic mass is 19.3. The van der Waals surface area contributed by atoms with Crippen molar-refractivity contribution in [1.82, 2.24) is 4.90 Å². The van der Waals surface area contributed by atoms with E-state index in [1.807, 2.05) is 0 Å². The highest BCUT2D eigenvalue weighted by Gasteiger charge is 2.14. The van der Waals surface area contributed by atoms with Gasteiger partial charge in [0.15, 0.2) is 0 Å². The minimum Gasteiger partial charge on any atom is -0.291 e. The Morgan fingerprint density at radius 1 is 1.70 bits per heavy atom. The molecule has 0 radical (unpaired) electrons. The lowest BCUT2D eigenvalue weighted by atomic mass is 10.4. The van der Waals surface area contributed by atoms with Crippen molar-refractivity contribution in [2.45, 2.75) is 19.9 Å². The lowest BCUT2D eigenvalue weighted by molar-refractivity contribution is 0.0634. The van der Waals surface area contributed by atoms with E-state index in [0.717, 1.165) is 0 Å². The first-order valence-electron chi connectivity index (χ1n) is 2.78. The van der Waals surface area contributed by atoms with Crippen LogP contribution in [0.3, 0.4) is 0 Å². The molecule has 0 rings (SSSR count). The summed E-state index contributed by atoms with van der Waals surface area (Å²) in [5, 5.41) is 13.4. The number of rotatable bonds is 3. The first kappa shape index (κ1) is 9.00. The van der Waals surface area contributed by atoms with Gasteiger partial charge in [-0.15, -0.1) is 0 Å². The lowest BCUT2D eigenvalue weighted by Gasteiger charge is -2.16. The number of hydrogen-bond donors (Lipinski definition) is 2. The minimum absolute atomic E-state index is 0.208. The molecule has 0 aromatic rings. The number of alkyl halides is 2. The number of amidine groups is 1. The van der Waals surface area contributed by atoms with Crippen molar-refractivity contribution in [3.8, 4) is 0 Å². The lowest BCUT2D eigenvalue weighted by Crippen LogP contribution is -2.32. The van der Waals surface area contributed by atoms with E-state index < -0.39 is 6.55 Å². The maximum Gasteiger partial charge on any atom is 0.321 e. The third-order valence-corrected chi connectivity index (χ3v) is 0.996. The summed E-state index contributed by atoms with van der Waals surface area (Å²) in [7, 11) is 0. The highest BCUT2D eigenvalue weighted by Crippen LogP contribution is 2.01. The zero-order chi connectivity index (χ0) is 8.15. The largest absolute Gasteiger partial charge is 0.321 e. The molecule has 0 aliphatic rings. The summed E-state index contributed by atoms with van der Waals surface area (Å²) in [5.41, 5.74) is 0. The van der Waals surface area contributed by atoms with E-state index in [9.17, 15) is 8.78 Å². The van der Waals surface area contributed by atoms with Crippen LogP contribution >= 0.6 is 0 Å². The Morgan fingerprint density at radius 2 is 2.20 bits per heavy atom. The van der Waals surface area contributed by atoms with Crippen LogP contribution in [0, 0.1) is 10.8 Å². The first-order chi connectivity index (χ1) is 4.63. The quantitative estimate of drug-likeness (QED) is 0.356. The Balaban J connectivity index is 4.06. The molecular formula is C5H9F2N3. The zero-order valence-corrected chi connectivity index (χ0v) is 5.56. The third kappa shape index (κ3) is 2.08. The van der Waals surface area contributed by atoms with Crippen LogP contribution in [-0.2, 0) is 0 Å². The molecule has 3 nitrogen and oxygen atoms in total. The molecule has 58 valence electrons. The predicted octanol–water partition coefficient (Wildman–Crippen LogP) is 1.51. The number of halogens is 2. The molecule has 0 spiro atoms. The molecule has 0 unspecified atom stereocenters. The Bertz CT molecular complexity index is 135. The SMILES string of the molecule is CCC(=N)N(C=N)C(F)F. The van der Waals surface area contributed by atoms with E-state index in [1.54, 1.807) is 6.92 Å². The molecule has 0 amide bonds. The molecule has 5 heteroatoms. The fraction of sp³-hybridized carbons (Fsp3) is 0.600. The van der Waals surface area contributed by atoms with E-state index in [0.29, 0.717) is 11.2 Å². The summed E-state index contributed by atoms with van der Waals surface area (Å²) >= 11 is 0. The molecule has 2 N–H and O–H groups in total. The molecule has 0 aliphatic heterocycles. The maximum atomic E-state index is 11.8. The molecule has 0 aromatic carbocycles. The van der Waals surface area contributed by atoms with Crippen molar-refractivity contribution in [2.75, 3.05) is 0 Å². The fourth-order valence-electron chi connectivity index (χ4n) is 0.435. The molecule has 0 aliphatic carbocycles. The van der Waals surface area contributed by atoms with E-state index in [2.05, 4.69) is 0 Å². The van der Waals surface area contributed by atoms with Crippen LogP contribution in [0.4, 0.5) is 8.78 Å². The van der Waals surface area contributed by atoms with Gasteiger partial charge >= 0.3 is 6.55 Å². The summed E-state index contributed by atoms with van der Waals surface area (Å²) in [6.45, 7) is -1.19. The Hall–Kier alpha value is -1.00. The fourth-order valence-corrected chi connectivity index (χ4v) is 0.435. The second kappa shape index (κ2) is 3.92. The third-order valence-electron chi connectivity index (χ3n) is 0.996. The number of hydrogen-bond acceptors (Lipinski definition) is 2. The van der Waals surface area contributed by atoms with Gasteiger partial charge in [0.2, 0.25) is 0 Å². The maximum absolute atomic E-state index is 11.8. The summed E-state index contributed by atoms with van der Waals surface area (Å²) < 4.78 is 23.5. The molecule has 0 fully saturated rings. The second-order valence-corrected chi connectivity index (χ2v) is 1.61. The molecule has 0 bridgehead atoms. The summed E-state index contributed by atoms with van der Waals surface area (Å²) in [6, 6.07) is 0. The Labute approximate surface area is 57.7 Å². The van der Waals surface area contributed by atoms with Crippen molar-refractivity contribution in [3.63, 3.8) is 0 Å². The smallest absolute Gasteiger partial charge is 0.291 e. The van der Waals surface area contributed by atoms with Crippen molar-refractivity contribution in [1.29, 1.82) is 10.8 Å². The molecule has 0 atom stereocenters. The topological polar surface area (TPSA) is 50.9 Å². The van der Waals surface area contributed by atoms with Gasteiger partial charge in [0.05, 0.1) is 6.34 Å². The van der Waals surface area contributed by atoms with Crippen LogP contribution in [-0.4, -0.2) is 23.6 Å². The van der Waals surface area contributed by atoms with Crippen LogP contribution in [0.1, 0.15) is 13.3 Å². The van der Waals surface area contributed by atoms with Gasteiger partial charge < -0.3 is 0 Å². The van der Waals surface area contributed by atoms with Crippen molar-refractivity contribution >= 4 is 12.2 Å². The second-order valence-electron chi connectivity index (χ2n) is 1.61. The highest BCUT2D eigenvalue weighted by molar-refractivity contribution is 5.88. The van der Waals surface area contributed by atoms with E-state index in [4.69, 9.17) is 10.8 Å². The van der Waals surface area contributed by atoms with Crippen molar-refractivity contribution < 1.29 is 8.78 Å². The molecule has 0 saturated carbocycles. The molecule has 0 heterocycles. The van der Waals surface area contributed by atoms with Crippen molar-refractivity contribution in [2.24, 2.45) is 0 Å². The number of nitrogens with zero attached hydrogens (tertiary/aromatic N) is 1. The van der Waals surface area contributed by atoms with Gasteiger partial charge in [-0.05, 0) is 0 Å². The van der Waals surface area contributed by atoms with Gasteiger partial charge in [0, 0.05) is 6.42 Å². The normalized spacial score (nSPS) is 9.60. The van der Waals surface area contributed by atoms with Crippen LogP contribution in [0.5, 0.6) is 0 Å². The predicted molar refractivity (Wildman–Crippen MR) is 34.6 cm³/mol. The summed E-state index contributed by atoms with van der Waals surface area (Å²) in [6.07, 6.45) is 0.663. The Morgan fingerprint density at radius 3 is 2.30 bits per heavy atom. The van der Waals surface area contributed by atoms with Crippen LogP contribution in [0.2, 0.25) is 0 Å². The zero-order valence-electron chi connectivity index (χ0n) is 5.56. The van der Waals surface area contributed by atoms with Gasteiger partial charge in [-0.25, -0.2) is 0 Å². The van der Waals surface area contributed by atoms with Crippen LogP contribution in [0.25, 0.3) is 0 Å². The van der Waals surface area contributed by atoms with E-state index >= 15 is 0 Å². The summed E-state index contributed by atoms with van der Waals surface area (Å²) in [4.78, 5) is 0.306. The van der Waals surface area contributed by atoms with Crippen LogP contribution < -0.4 is 0 Å². The molecule has 10 heavy (non-hydrogen) atoms. The minimum atomic E-state index is -2.77. The van der Waals surface area contributed by atoms with Gasteiger partial charge in [-0.3, -0.25) is 15.7 Å². The average Bonchev–Trinajstić information content (AvgIpc) is 1.88.